The van der Waals surface area contributed by atoms with Gasteiger partial charge in [0.15, 0.2) is 11.6 Å². The molecule has 7 nitrogen and oxygen atoms in total. The lowest BCUT2D eigenvalue weighted by molar-refractivity contribution is -0.411. The molecule has 0 amide bonds. The number of ether oxygens (including phenoxy) is 7. The predicted octanol–water partition coefficient (Wildman–Crippen LogP) is 5.56. The van der Waals surface area contributed by atoms with Gasteiger partial charge in [-0.15, -0.1) is 0 Å². The molecular weight excluding hydrogens is 472 g/mol. The van der Waals surface area contributed by atoms with E-state index in [-0.39, 0.29) is 35.6 Å². The van der Waals surface area contributed by atoms with Crippen LogP contribution in [0.5, 0.6) is 0 Å². The highest BCUT2D eigenvalue weighted by Crippen LogP contribution is 2.61. The summed E-state index contributed by atoms with van der Waals surface area (Å²) >= 11 is 0. The lowest BCUT2D eigenvalue weighted by Gasteiger charge is -2.53. The normalized spacial score (nSPS) is 59.7. The molecule has 0 radical (unpaired) electrons. The van der Waals surface area contributed by atoms with Crippen molar-refractivity contribution < 1.29 is 33.2 Å². The monoisotopic (exact) mass is 520 g/mol. The molecular formula is C30H48O7. The van der Waals surface area contributed by atoms with E-state index in [0.717, 1.165) is 64.2 Å². The molecule has 0 N–H and O–H groups in total. The Labute approximate surface area is 222 Å². The van der Waals surface area contributed by atoms with Crippen molar-refractivity contribution in [2.24, 2.45) is 0 Å². The summed E-state index contributed by atoms with van der Waals surface area (Å²) in [6, 6.07) is 0. The molecule has 0 aromatic rings. The third-order valence-electron chi connectivity index (χ3n) is 11.7. The average molecular weight is 521 g/mol. The molecule has 0 aliphatic carbocycles. The van der Waals surface area contributed by atoms with Gasteiger partial charge in [-0.3, -0.25) is 0 Å². The Morgan fingerprint density at radius 2 is 0.838 bits per heavy atom. The summed E-state index contributed by atoms with van der Waals surface area (Å²) < 4.78 is 47.7. The SMILES string of the molecule is CC1(C)O[C@@]2(CC[C@@](C)([C@@H]3CC[C@H]([C@@]4(C)CC[C@]5(OC(C)(C)[C@H]6CC[C@]5(C)O6)O4)O3)O2)[C@@]2(C)CC[C@@H]1O2. The summed E-state index contributed by atoms with van der Waals surface area (Å²) in [6.45, 7) is 17.4. The minimum Gasteiger partial charge on any atom is -0.369 e. The molecule has 7 aliphatic heterocycles. The Morgan fingerprint density at radius 1 is 0.432 bits per heavy atom. The lowest BCUT2D eigenvalue weighted by atomic mass is 9.87. The van der Waals surface area contributed by atoms with Gasteiger partial charge in [-0.2, -0.15) is 0 Å². The Bertz CT molecular complexity index is 907. The second-order valence-electron chi connectivity index (χ2n) is 15.2. The summed E-state index contributed by atoms with van der Waals surface area (Å²) in [5.74, 6) is -1.44. The Balaban J connectivity index is 1.09. The molecule has 2 spiro atoms. The molecule has 0 unspecified atom stereocenters. The van der Waals surface area contributed by atoms with Crippen molar-refractivity contribution >= 4 is 0 Å². The van der Waals surface area contributed by atoms with Crippen molar-refractivity contribution in [3.05, 3.63) is 0 Å². The second-order valence-corrected chi connectivity index (χ2v) is 15.2. The van der Waals surface area contributed by atoms with E-state index in [2.05, 4.69) is 55.4 Å². The van der Waals surface area contributed by atoms with Crippen molar-refractivity contribution in [3.63, 3.8) is 0 Å². The first-order chi connectivity index (χ1) is 17.1. The van der Waals surface area contributed by atoms with Crippen LogP contribution in [-0.4, -0.2) is 69.6 Å². The maximum atomic E-state index is 7.01. The topological polar surface area (TPSA) is 64.6 Å². The fraction of sp³-hybridized carbons (Fsp3) is 1.00. The van der Waals surface area contributed by atoms with Crippen LogP contribution in [0.2, 0.25) is 0 Å². The van der Waals surface area contributed by atoms with E-state index < -0.39 is 34.0 Å². The smallest absolute Gasteiger partial charge is 0.198 e. The highest BCUT2D eigenvalue weighted by atomic mass is 16.8. The van der Waals surface area contributed by atoms with E-state index in [9.17, 15) is 0 Å². The minimum atomic E-state index is -0.718. The van der Waals surface area contributed by atoms with Gasteiger partial charge in [-0.1, -0.05) is 0 Å². The number of fused-ring (bicyclic) bond motifs is 6. The number of hydrogen-bond donors (Lipinski definition) is 0. The quantitative estimate of drug-likeness (QED) is 0.472. The summed E-state index contributed by atoms with van der Waals surface area (Å²) in [5, 5.41) is 0. The van der Waals surface area contributed by atoms with Gasteiger partial charge in [0.1, 0.15) is 11.2 Å². The molecule has 0 saturated carbocycles. The Hall–Kier alpha value is -0.280. The van der Waals surface area contributed by atoms with E-state index in [4.69, 9.17) is 33.2 Å². The molecule has 7 fully saturated rings. The first kappa shape index (κ1) is 25.7. The van der Waals surface area contributed by atoms with Gasteiger partial charge in [-0.25, -0.2) is 0 Å². The van der Waals surface area contributed by atoms with Gasteiger partial charge in [-0.05, 0) is 107 Å². The average Bonchev–Trinajstić information content (AvgIpc) is 3.58. The van der Waals surface area contributed by atoms with Crippen molar-refractivity contribution in [2.45, 2.75) is 189 Å². The van der Waals surface area contributed by atoms with Gasteiger partial charge in [0.25, 0.3) is 0 Å². The van der Waals surface area contributed by atoms with Crippen LogP contribution in [0.3, 0.4) is 0 Å². The molecule has 4 bridgehead atoms. The first-order valence-electron chi connectivity index (χ1n) is 14.9. The summed E-state index contributed by atoms with van der Waals surface area (Å²) in [4.78, 5) is 0. The van der Waals surface area contributed by atoms with E-state index in [0.29, 0.717) is 0 Å². The highest BCUT2D eigenvalue weighted by molar-refractivity contribution is 5.15. The van der Waals surface area contributed by atoms with Crippen LogP contribution in [0.25, 0.3) is 0 Å². The van der Waals surface area contributed by atoms with Crippen LogP contribution in [0, 0.1) is 0 Å². The van der Waals surface area contributed by atoms with Crippen LogP contribution in [0.1, 0.15) is 120 Å². The van der Waals surface area contributed by atoms with Gasteiger partial charge >= 0.3 is 0 Å². The van der Waals surface area contributed by atoms with Crippen LogP contribution < -0.4 is 0 Å². The fourth-order valence-electron chi connectivity index (χ4n) is 9.07. The molecule has 10 atom stereocenters. The van der Waals surface area contributed by atoms with Gasteiger partial charge in [0.05, 0.1) is 46.8 Å². The van der Waals surface area contributed by atoms with E-state index in [1.807, 2.05) is 0 Å². The fourth-order valence-corrected chi connectivity index (χ4v) is 9.07. The van der Waals surface area contributed by atoms with Crippen molar-refractivity contribution in [2.75, 3.05) is 0 Å². The molecule has 7 rings (SSSR count). The van der Waals surface area contributed by atoms with Gasteiger partial charge in [0.2, 0.25) is 0 Å². The van der Waals surface area contributed by atoms with E-state index in [1.165, 1.54) is 0 Å². The standard InChI is InChI=1S/C30H48O7/c1-23(2)19-11-13-27(7,32-19)29(34-23)17-15-25(5,36-29)21-9-10-22(31-21)26(6)16-18-30(37-26)28(8)14-12-20(33-28)24(3,4)35-30/h19-22H,9-18H2,1-8H3/t19-,20+,21-,22+,25-,26+,27+,28-,29+,30-. The zero-order valence-corrected chi connectivity index (χ0v) is 24.2. The van der Waals surface area contributed by atoms with Crippen molar-refractivity contribution in [1.82, 2.24) is 0 Å². The molecule has 0 aromatic heterocycles. The third kappa shape index (κ3) is 3.31. The molecule has 7 heteroatoms. The maximum Gasteiger partial charge on any atom is 0.198 e. The Morgan fingerprint density at radius 3 is 1.24 bits per heavy atom. The number of rotatable bonds is 2. The first-order valence-corrected chi connectivity index (χ1v) is 14.9. The highest BCUT2D eigenvalue weighted by Gasteiger charge is 2.71. The number of hydrogen-bond acceptors (Lipinski definition) is 7. The van der Waals surface area contributed by atoms with Crippen LogP contribution in [0.4, 0.5) is 0 Å². The largest absolute Gasteiger partial charge is 0.369 e. The molecule has 7 aliphatic rings. The second kappa shape index (κ2) is 7.32. The van der Waals surface area contributed by atoms with E-state index >= 15 is 0 Å². The third-order valence-corrected chi connectivity index (χ3v) is 11.7. The van der Waals surface area contributed by atoms with E-state index in [1.54, 1.807) is 0 Å². The molecule has 37 heavy (non-hydrogen) atoms. The molecule has 0 aromatic carbocycles. The van der Waals surface area contributed by atoms with Crippen molar-refractivity contribution in [3.8, 4) is 0 Å². The maximum absolute atomic E-state index is 7.01. The Kier molecular flexibility index (Phi) is 5.08. The molecule has 210 valence electrons. The predicted molar refractivity (Wildman–Crippen MR) is 136 cm³/mol. The molecule has 7 heterocycles. The summed E-state index contributed by atoms with van der Waals surface area (Å²) in [7, 11) is 0. The summed E-state index contributed by atoms with van der Waals surface area (Å²) in [6.07, 6.45) is 9.60. The van der Waals surface area contributed by atoms with Crippen LogP contribution in [0.15, 0.2) is 0 Å². The van der Waals surface area contributed by atoms with Crippen LogP contribution in [-0.2, 0) is 33.2 Å². The zero-order valence-electron chi connectivity index (χ0n) is 24.2. The summed E-state index contributed by atoms with van der Waals surface area (Å²) in [5.41, 5.74) is -2.37. The van der Waals surface area contributed by atoms with Crippen molar-refractivity contribution in [1.29, 1.82) is 0 Å². The minimum absolute atomic E-state index is 0.00491. The lowest BCUT2D eigenvalue weighted by Crippen LogP contribution is -2.65. The van der Waals surface area contributed by atoms with Crippen LogP contribution >= 0.6 is 0 Å². The van der Waals surface area contributed by atoms with Gasteiger partial charge in [0, 0.05) is 12.8 Å². The zero-order chi connectivity index (χ0) is 26.3. The van der Waals surface area contributed by atoms with Gasteiger partial charge < -0.3 is 33.2 Å². The molecule has 7 saturated heterocycles.